The van der Waals surface area contributed by atoms with Gasteiger partial charge in [-0.25, -0.2) is 4.39 Å². The summed E-state index contributed by atoms with van der Waals surface area (Å²) >= 11 is 0. The first-order valence-corrected chi connectivity index (χ1v) is 2.95. The molecule has 0 aliphatic heterocycles. The molecule has 0 aromatic rings. The topological polar surface area (TPSA) is 17.1 Å². The molecule has 0 aromatic heterocycles. The summed E-state index contributed by atoms with van der Waals surface area (Å²) in [5, 5.41) is 0. The third-order valence-electron chi connectivity index (χ3n) is 1.42. The zero-order valence-electron chi connectivity index (χ0n) is 4.69. The molecular formula is C6H9FO. The summed E-state index contributed by atoms with van der Waals surface area (Å²) in [6.07, 6.45) is 1.27. The summed E-state index contributed by atoms with van der Waals surface area (Å²) in [5.74, 6) is 0.0868. The van der Waals surface area contributed by atoms with Gasteiger partial charge >= 0.3 is 0 Å². The van der Waals surface area contributed by atoms with E-state index in [9.17, 15) is 9.18 Å². The van der Waals surface area contributed by atoms with E-state index in [0.717, 1.165) is 6.42 Å². The number of hydrogen-bond acceptors (Lipinski definition) is 1. The Morgan fingerprint density at radius 2 is 2.38 bits per heavy atom. The van der Waals surface area contributed by atoms with Crippen LogP contribution in [0.3, 0.4) is 0 Å². The Morgan fingerprint density at radius 1 is 1.62 bits per heavy atom. The van der Waals surface area contributed by atoms with Gasteiger partial charge in [0.05, 0.1) is 0 Å². The minimum atomic E-state index is -0.837. The van der Waals surface area contributed by atoms with Crippen LogP contribution in [-0.2, 0) is 4.79 Å². The van der Waals surface area contributed by atoms with Crippen molar-refractivity contribution in [2.24, 2.45) is 0 Å². The molecule has 2 heteroatoms. The standard InChI is InChI=1S/C6H9FO/c7-5-2-1-3-6(8)4-5/h5H,1-4H2/t5-/m1/s1. The highest BCUT2D eigenvalue weighted by Crippen LogP contribution is 2.16. The van der Waals surface area contributed by atoms with E-state index in [1.165, 1.54) is 0 Å². The molecule has 0 amide bonds. The lowest BCUT2D eigenvalue weighted by Gasteiger charge is -2.11. The number of alkyl halides is 1. The molecule has 1 saturated carbocycles. The Balaban J connectivity index is 2.34. The van der Waals surface area contributed by atoms with Crippen molar-refractivity contribution in [1.82, 2.24) is 0 Å². The number of Topliss-reactive ketones (excluding diaryl/α,β-unsaturated/α-hetero) is 1. The van der Waals surface area contributed by atoms with Crippen molar-refractivity contribution < 1.29 is 9.18 Å². The van der Waals surface area contributed by atoms with Crippen LogP contribution in [0, 0.1) is 0 Å². The molecule has 1 rings (SSSR count). The molecule has 0 aromatic carbocycles. The molecule has 0 N–H and O–H groups in total. The molecule has 0 bridgehead atoms. The van der Waals surface area contributed by atoms with Crippen molar-refractivity contribution in [2.45, 2.75) is 31.9 Å². The average molecular weight is 116 g/mol. The summed E-state index contributed by atoms with van der Waals surface area (Å²) < 4.78 is 12.2. The molecule has 1 aliphatic carbocycles. The van der Waals surface area contributed by atoms with E-state index >= 15 is 0 Å². The van der Waals surface area contributed by atoms with Crippen molar-refractivity contribution >= 4 is 5.78 Å². The van der Waals surface area contributed by atoms with Crippen LogP contribution < -0.4 is 0 Å². The van der Waals surface area contributed by atoms with Gasteiger partial charge in [0, 0.05) is 12.8 Å². The summed E-state index contributed by atoms with van der Waals surface area (Å²) in [6.45, 7) is 0. The lowest BCUT2D eigenvalue weighted by Crippen LogP contribution is -2.14. The van der Waals surface area contributed by atoms with E-state index in [0.29, 0.717) is 12.8 Å². The molecule has 1 atom stereocenters. The van der Waals surface area contributed by atoms with Crippen LogP contribution in [0.15, 0.2) is 0 Å². The van der Waals surface area contributed by atoms with Crippen LogP contribution in [0.1, 0.15) is 25.7 Å². The van der Waals surface area contributed by atoms with Crippen molar-refractivity contribution in [3.05, 3.63) is 0 Å². The predicted octanol–water partition coefficient (Wildman–Crippen LogP) is 1.47. The second-order valence-electron chi connectivity index (χ2n) is 2.23. The highest BCUT2D eigenvalue weighted by molar-refractivity contribution is 5.79. The van der Waals surface area contributed by atoms with Crippen molar-refractivity contribution in [3.63, 3.8) is 0 Å². The normalized spacial score (nSPS) is 30.6. The van der Waals surface area contributed by atoms with Gasteiger partial charge in [0.2, 0.25) is 0 Å². The van der Waals surface area contributed by atoms with Gasteiger partial charge in [-0.05, 0) is 12.8 Å². The summed E-state index contributed by atoms with van der Waals surface area (Å²) in [7, 11) is 0. The maximum atomic E-state index is 12.2. The maximum absolute atomic E-state index is 12.2. The zero-order chi connectivity index (χ0) is 5.98. The molecule has 0 saturated heterocycles. The summed E-state index contributed by atoms with van der Waals surface area (Å²) in [6, 6.07) is 0. The lowest BCUT2D eigenvalue weighted by atomic mass is 9.98. The Morgan fingerprint density at radius 3 is 2.75 bits per heavy atom. The SMILES string of the molecule is O=C1CCC[C@@H](F)C1. The molecule has 0 radical (unpaired) electrons. The van der Waals surface area contributed by atoms with Crippen molar-refractivity contribution in [1.29, 1.82) is 0 Å². The third kappa shape index (κ3) is 1.29. The second kappa shape index (κ2) is 2.25. The molecule has 46 valence electrons. The third-order valence-corrected chi connectivity index (χ3v) is 1.42. The quantitative estimate of drug-likeness (QED) is 0.468. The summed E-state index contributed by atoms with van der Waals surface area (Å²) in [5.41, 5.74) is 0. The van der Waals surface area contributed by atoms with Crippen LogP contribution in [0.4, 0.5) is 4.39 Å². The van der Waals surface area contributed by atoms with Gasteiger partial charge < -0.3 is 0 Å². The van der Waals surface area contributed by atoms with Gasteiger partial charge in [-0.15, -0.1) is 0 Å². The molecule has 1 aliphatic rings. The second-order valence-corrected chi connectivity index (χ2v) is 2.23. The smallest absolute Gasteiger partial charge is 0.135 e. The first kappa shape index (κ1) is 5.73. The summed E-state index contributed by atoms with van der Waals surface area (Å²) in [4.78, 5) is 10.4. The highest BCUT2D eigenvalue weighted by Gasteiger charge is 2.17. The Kier molecular flexibility index (Phi) is 1.61. The zero-order valence-corrected chi connectivity index (χ0v) is 4.69. The molecule has 1 fully saturated rings. The molecule has 0 heterocycles. The minimum absolute atomic E-state index is 0.0868. The number of carbonyl (C=O) groups excluding carboxylic acids is 1. The number of hydrogen-bond donors (Lipinski definition) is 0. The Bertz CT molecular complexity index is 101. The fourth-order valence-electron chi connectivity index (χ4n) is 0.972. The maximum Gasteiger partial charge on any atom is 0.135 e. The fourth-order valence-corrected chi connectivity index (χ4v) is 0.972. The van der Waals surface area contributed by atoms with Crippen molar-refractivity contribution in [3.8, 4) is 0 Å². The number of ketones is 1. The first-order chi connectivity index (χ1) is 3.79. The van der Waals surface area contributed by atoms with Crippen LogP contribution in [0.25, 0.3) is 0 Å². The van der Waals surface area contributed by atoms with Gasteiger partial charge in [0.1, 0.15) is 12.0 Å². The van der Waals surface area contributed by atoms with E-state index in [4.69, 9.17) is 0 Å². The Hall–Kier alpha value is -0.400. The minimum Gasteiger partial charge on any atom is -0.300 e. The lowest BCUT2D eigenvalue weighted by molar-refractivity contribution is -0.121. The highest BCUT2D eigenvalue weighted by atomic mass is 19.1. The molecule has 1 nitrogen and oxygen atoms in total. The van der Waals surface area contributed by atoms with Gasteiger partial charge in [-0.2, -0.15) is 0 Å². The van der Waals surface area contributed by atoms with Gasteiger partial charge in [0.25, 0.3) is 0 Å². The first-order valence-electron chi connectivity index (χ1n) is 2.95. The van der Waals surface area contributed by atoms with E-state index in [1.54, 1.807) is 0 Å². The number of carbonyl (C=O) groups is 1. The van der Waals surface area contributed by atoms with Gasteiger partial charge in [-0.3, -0.25) is 4.79 Å². The Labute approximate surface area is 47.9 Å². The largest absolute Gasteiger partial charge is 0.300 e. The number of halogens is 1. The van der Waals surface area contributed by atoms with E-state index < -0.39 is 6.17 Å². The van der Waals surface area contributed by atoms with Crippen LogP contribution in [0.5, 0.6) is 0 Å². The van der Waals surface area contributed by atoms with Gasteiger partial charge in [0.15, 0.2) is 0 Å². The van der Waals surface area contributed by atoms with Crippen LogP contribution >= 0.6 is 0 Å². The van der Waals surface area contributed by atoms with E-state index in [2.05, 4.69) is 0 Å². The molecule has 0 spiro atoms. The number of rotatable bonds is 0. The molecular weight excluding hydrogens is 107 g/mol. The van der Waals surface area contributed by atoms with Crippen molar-refractivity contribution in [2.75, 3.05) is 0 Å². The van der Waals surface area contributed by atoms with E-state index in [1.807, 2.05) is 0 Å². The average Bonchev–Trinajstić information content (AvgIpc) is 1.64. The van der Waals surface area contributed by atoms with Crippen LogP contribution in [0.2, 0.25) is 0 Å². The molecule has 0 unspecified atom stereocenters. The fraction of sp³-hybridized carbons (Fsp3) is 0.833. The molecule has 8 heavy (non-hydrogen) atoms. The van der Waals surface area contributed by atoms with Gasteiger partial charge in [-0.1, -0.05) is 0 Å². The van der Waals surface area contributed by atoms with Crippen LogP contribution in [-0.4, -0.2) is 12.0 Å². The monoisotopic (exact) mass is 116 g/mol. The predicted molar refractivity (Wildman–Crippen MR) is 28.4 cm³/mol. The van der Waals surface area contributed by atoms with E-state index in [-0.39, 0.29) is 12.2 Å².